The Morgan fingerprint density at radius 3 is 2.48 bits per heavy atom. The Labute approximate surface area is 124 Å². The Hall–Kier alpha value is -2.36. The highest BCUT2D eigenvalue weighted by Crippen LogP contribution is 2.20. The molecule has 0 aliphatic rings. The number of para-hydroxylation sites is 1. The summed E-state index contributed by atoms with van der Waals surface area (Å²) < 4.78 is 18.4. The van der Waals surface area contributed by atoms with Crippen molar-refractivity contribution >= 4 is 5.91 Å². The van der Waals surface area contributed by atoms with Crippen molar-refractivity contribution in [3.05, 3.63) is 65.5 Å². The molecular formula is C17H18FNO2. The fourth-order valence-electron chi connectivity index (χ4n) is 2.07. The molecule has 0 aromatic heterocycles. The first kappa shape index (κ1) is 15.0. The predicted molar refractivity (Wildman–Crippen MR) is 79.8 cm³/mol. The van der Waals surface area contributed by atoms with Crippen LogP contribution in [0.5, 0.6) is 5.75 Å². The van der Waals surface area contributed by atoms with Crippen LogP contribution in [0.15, 0.2) is 48.5 Å². The Morgan fingerprint density at radius 2 is 1.81 bits per heavy atom. The predicted octanol–water partition coefficient (Wildman–Crippen LogP) is 3.50. The van der Waals surface area contributed by atoms with E-state index >= 15 is 0 Å². The Balaban J connectivity index is 2.12. The monoisotopic (exact) mass is 287 g/mol. The number of carbonyl (C=O) groups excluding carboxylic acids is 1. The van der Waals surface area contributed by atoms with Gasteiger partial charge in [0.2, 0.25) is 0 Å². The molecule has 0 bridgehead atoms. The molecule has 2 aromatic rings. The molecule has 0 unspecified atom stereocenters. The number of carbonyl (C=O) groups is 1. The van der Waals surface area contributed by atoms with Gasteiger partial charge in [-0.3, -0.25) is 4.79 Å². The molecule has 110 valence electrons. The topological polar surface area (TPSA) is 29.5 Å². The van der Waals surface area contributed by atoms with Crippen molar-refractivity contribution in [1.82, 2.24) is 4.90 Å². The summed E-state index contributed by atoms with van der Waals surface area (Å²) in [5.41, 5.74) is 1.41. The number of amides is 1. The molecule has 0 heterocycles. The second-order valence-corrected chi connectivity index (χ2v) is 4.71. The van der Waals surface area contributed by atoms with Crippen LogP contribution in [0, 0.1) is 5.82 Å². The molecule has 4 heteroatoms. The van der Waals surface area contributed by atoms with E-state index in [4.69, 9.17) is 4.74 Å². The number of ether oxygens (including phenoxy) is 1. The molecular weight excluding hydrogens is 269 g/mol. The van der Waals surface area contributed by atoms with Crippen LogP contribution in [0.25, 0.3) is 0 Å². The summed E-state index contributed by atoms with van der Waals surface area (Å²) in [4.78, 5) is 13.9. The van der Waals surface area contributed by atoms with Crippen molar-refractivity contribution < 1.29 is 13.9 Å². The molecule has 21 heavy (non-hydrogen) atoms. The van der Waals surface area contributed by atoms with E-state index in [1.165, 1.54) is 24.3 Å². The van der Waals surface area contributed by atoms with Crippen LogP contribution in [-0.4, -0.2) is 24.5 Å². The molecule has 0 fully saturated rings. The summed E-state index contributed by atoms with van der Waals surface area (Å²) in [7, 11) is 1.72. The zero-order valence-electron chi connectivity index (χ0n) is 12.2. The first-order valence-electron chi connectivity index (χ1n) is 6.83. The van der Waals surface area contributed by atoms with Crippen molar-refractivity contribution in [2.75, 3.05) is 13.7 Å². The number of rotatable bonds is 5. The summed E-state index contributed by atoms with van der Waals surface area (Å²) in [6.45, 7) is 2.93. The first-order valence-corrected chi connectivity index (χ1v) is 6.83. The van der Waals surface area contributed by atoms with Crippen LogP contribution in [-0.2, 0) is 6.54 Å². The number of nitrogens with zero attached hydrogens (tertiary/aromatic N) is 1. The quantitative estimate of drug-likeness (QED) is 0.842. The van der Waals surface area contributed by atoms with Gasteiger partial charge >= 0.3 is 0 Å². The second kappa shape index (κ2) is 6.88. The van der Waals surface area contributed by atoms with Crippen LogP contribution in [0.2, 0.25) is 0 Å². The average molecular weight is 287 g/mol. The van der Waals surface area contributed by atoms with Gasteiger partial charge < -0.3 is 9.64 Å². The van der Waals surface area contributed by atoms with Crippen molar-refractivity contribution in [3.63, 3.8) is 0 Å². The fourth-order valence-corrected chi connectivity index (χ4v) is 2.07. The van der Waals surface area contributed by atoms with Crippen molar-refractivity contribution in [1.29, 1.82) is 0 Å². The maximum atomic E-state index is 12.9. The number of halogens is 1. The van der Waals surface area contributed by atoms with Gasteiger partial charge in [-0.25, -0.2) is 4.39 Å². The largest absolute Gasteiger partial charge is 0.494 e. The van der Waals surface area contributed by atoms with Gasteiger partial charge in [0.05, 0.1) is 6.61 Å². The van der Waals surface area contributed by atoms with E-state index in [0.29, 0.717) is 18.7 Å². The van der Waals surface area contributed by atoms with E-state index in [2.05, 4.69) is 0 Å². The van der Waals surface area contributed by atoms with Gasteiger partial charge in [-0.2, -0.15) is 0 Å². The van der Waals surface area contributed by atoms with E-state index in [1.807, 2.05) is 31.2 Å². The normalized spacial score (nSPS) is 10.2. The summed E-state index contributed by atoms with van der Waals surface area (Å²) in [5.74, 6) is 0.274. The third kappa shape index (κ3) is 3.81. The average Bonchev–Trinajstić information content (AvgIpc) is 2.49. The molecule has 0 atom stereocenters. The van der Waals surface area contributed by atoms with E-state index in [1.54, 1.807) is 11.9 Å². The van der Waals surface area contributed by atoms with Crippen LogP contribution < -0.4 is 4.74 Å². The molecule has 1 amide bonds. The summed E-state index contributed by atoms with van der Waals surface area (Å²) in [6.07, 6.45) is 0. The third-order valence-electron chi connectivity index (χ3n) is 3.12. The summed E-state index contributed by atoms with van der Waals surface area (Å²) >= 11 is 0. The van der Waals surface area contributed by atoms with Gasteiger partial charge in [0.15, 0.2) is 0 Å². The SMILES string of the molecule is CCOc1ccccc1CN(C)C(=O)c1ccc(F)cc1. The number of benzene rings is 2. The standard InChI is InChI=1S/C17H18FNO2/c1-3-21-16-7-5-4-6-14(16)12-19(2)17(20)13-8-10-15(18)11-9-13/h4-11H,3,12H2,1-2H3. The highest BCUT2D eigenvalue weighted by molar-refractivity contribution is 5.94. The van der Waals surface area contributed by atoms with Gasteiger partial charge in [0, 0.05) is 24.7 Å². The minimum atomic E-state index is -0.351. The highest BCUT2D eigenvalue weighted by atomic mass is 19.1. The molecule has 0 saturated heterocycles. The van der Waals surface area contributed by atoms with Crippen molar-refractivity contribution in [3.8, 4) is 5.75 Å². The van der Waals surface area contributed by atoms with E-state index < -0.39 is 0 Å². The van der Waals surface area contributed by atoms with Crippen molar-refractivity contribution in [2.24, 2.45) is 0 Å². The number of hydrogen-bond donors (Lipinski definition) is 0. The summed E-state index contributed by atoms with van der Waals surface area (Å²) in [6, 6.07) is 13.2. The fraction of sp³-hybridized carbons (Fsp3) is 0.235. The number of hydrogen-bond acceptors (Lipinski definition) is 2. The minimum absolute atomic E-state index is 0.152. The van der Waals surface area contributed by atoms with E-state index in [-0.39, 0.29) is 11.7 Å². The lowest BCUT2D eigenvalue weighted by Crippen LogP contribution is -2.26. The van der Waals surface area contributed by atoms with Crippen LogP contribution in [0.3, 0.4) is 0 Å². The molecule has 3 nitrogen and oxygen atoms in total. The summed E-state index contributed by atoms with van der Waals surface area (Å²) in [5, 5.41) is 0. The maximum absolute atomic E-state index is 12.9. The molecule has 0 aliphatic heterocycles. The minimum Gasteiger partial charge on any atom is -0.494 e. The lowest BCUT2D eigenvalue weighted by Gasteiger charge is -2.19. The zero-order valence-corrected chi connectivity index (χ0v) is 12.2. The molecule has 0 aliphatic carbocycles. The van der Waals surface area contributed by atoms with Gasteiger partial charge in [-0.05, 0) is 37.3 Å². The van der Waals surface area contributed by atoms with Crippen LogP contribution in [0.4, 0.5) is 4.39 Å². The third-order valence-corrected chi connectivity index (χ3v) is 3.12. The van der Waals surface area contributed by atoms with E-state index in [0.717, 1.165) is 11.3 Å². The van der Waals surface area contributed by atoms with E-state index in [9.17, 15) is 9.18 Å². The molecule has 0 radical (unpaired) electrons. The zero-order chi connectivity index (χ0) is 15.2. The molecule has 0 N–H and O–H groups in total. The smallest absolute Gasteiger partial charge is 0.253 e. The first-order chi connectivity index (χ1) is 10.1. The maximum Gasteiger partial charge on any atom is 0.253 e. The lowest BCUT2D eigenvalue weighted by atomic mass is 10.1. The molecule has 0 saturated carbocycles. The Morgan fingerprint density at radius 1 is 1.14 bits per heavy atom. The van der Waals surface area contributed by atoms with Gasteiger partial charge in [0.25, 0.3) is 5.91 Å². The second-order valence-electron chi connectivity index (χ2n) is 4.71. The van der Waals surface area contributed by atoms with Gasteiger partial charge in [-0.1, -0.05) is 18.2 Å². The Kier molecular flexibility index (Phi) is 4.93. The van der Waals surface area contributed by atoms with Crippen LogP contribution in [0.1, 0.15) is 22.8 Å². The van der Waals surface area contributed by atoms with Gasteiger partial charge in [0.1, 0.15) is 11.6 Å². The van der Waals surface area contributed by atoms with Gasteiger partial charge in [-0.15, -0.1) is 0 Å². The molecule has 2 aromatic carbocycles. The van der Waals surface area contributed by atoms with Crippen LogP contribution >= 0.6 is 0 Å². The highest BCUT2D eigenvalue weighted by Gasteiger charge is 2.14. The Bertz CT molecular complexity index is 610. The molecule has 2 rings (SSSR count). The molecule has 0 spiro atoms. The lowest BCUT2D eigenvalue weighted by molar-refractivity contribution is 0.0784. The van der Waals surface area contributed by atoms with Crippen molar-refractivity contribution in [2.45, 2.75) is 13.5 Å².